The third-order valence-electron chi connectivity index (χ3n) is 0.175. The highest BCUT2D eigenvalue weighted by Gasteiger charge is 2.01. The van der Waals surface area contributed by atoms with Crippen molar-refractivity contribution in [3.63, 3.8) is 0 Å². The molecular formula is C3H6O6. The van der Waals surface area contributed by atoms with Gasteiger partial charge in [-0.05, 0) is 0 Å². The Morgan fingerprint density at radius 1 is 1.11 bits per heavy atom. The van der Waals surface area contributed by atoms with Crippen molar-refractivity contribution >= 4 is 12.3 Å². The predicted molar refractivity (Wildman–Crippen MR) is 25.3 cm³/mol. The maximum Gasteiger partial charge on any atom is 0.516 e. The van der Waals surface area contributed by atoms with Crippen molar-refractivity contribution in [3.8, 4) is 0 Å². The quantitative estimate of drug-likeness (QED) is 0.320. The molecular weight excluding hydrogens is 132 g/mol. The van der Waals surface area contributed by atoms with Gasteiger partial charge in [-0.1, -0.05) is 0 Å². The van der Waals surface area contributed by atoms with E-state index in [0.29, 0.717) is 0 Å². The van der Waals surface area contributed by atoms with Crippen LogP contribution in [0.25, 0.3) is 0 Å². The zero-order valence-electron chi connectivity index (χ0n) is 4.57. The molecule has 0 atom stereocenters. The average molecular weight is 138 g/mol. The van der Waals surface area contributed by atoms with Gasteiger partial charge in [-0.2, -0.15) is 0 Å². The van der Waals surface area contributed by atoms with Crippen LogP contribution in [0.2, 0.25) is 0 Å². The highest BCUT2D eigenvalue weighted by molar-refractivity contribution is 5.74. The molecule has 54 valence electrons. The van der Waals surface area contributed by atoms with E-state index < -0.39 is 12.3 Å². The van der Waals surface area contributed by atoms with E-state index >= 15 is 0 Å². The summed E-state index contributed by atoms with van der Waals surface area (Å²) in [4.78, 5) is 18.4. The molecule has 0 unspecified atom stereocenters. The van der Waals surface area contributed by atoms with Crippen LogP contribution >= 0.6 is 0 Å². The number of aliphatic hydroxyl groups excluding tert-OH is 1. The van der Waals surface area contributed by atoms with Crippen molar-refractivity contribution in [2.45, 2.75) is 0 Å². The lowest BCUT2D eigenvalue weighted by atomic mass is 11.3. The summed E-state index contributed by atoms with van der Waals surface area (Å²) in [5.41, 5.74) is 0. The van der Waals surface area contributed by atoms with Crippen LogP contribution in [0, 0.1) is 0 Å². The molecule has 0 aromatic carbocycles. The Balaban J connectivity index is 0. The minimum absolute atomic E-state index is 1.00. The minimum Gasteiger partial charge on any atom is -0.449 e. The van der Waals surface area contributed by atoms with Gasteiger partial charge < -0.3 is 20.1 Å². The molecule has 3 N–H and O–H groups in total. The third kappa shape index (κ3) is 20.3. The number of carbonyl (C=O) groups is 2. The molecule has 0 aliphatic heterocycles. The second kappa shape index (κ2) is 6.70. The molecule has 0 radical (unpaired) electrons. The van der Waals surface area contributed by atoms with Crippen LogP contribution in [0.3, 0.4) is 0 Å². The van der Waals surface area contributed by atoms with Gasteiger partial charge in [0.1, 0.15) is 0 Å². The zero-order chi connectivity index (χ0) is 7.86. The Bertz CT molecular complexity index is 84.5. The second-order valence-corrected chi connectivity index (χ2v) is 0.634. The number of ether oxygens (including phenoxy) is 1. The molecule has 0 aliphatic rings. The Kier molecular flexibility index (Phi) is 7.92. The van der Waals surface area contributed by atoms with Crippen molar-refractivity contribution in [1.29, 1.82) is 0 Å². The largest absolute Gasteiger partial charge is 0.516 e. The fraction of sp³-hybridized carbons (Fsp3) is 0.333. The monoisotopic (exact) mass is 138 g/mol. The lowest BCUT2D eigenvalue weighted by Gasteiger charge is -1.84. The van der Waals surface area contributed by atoms with Crippen LogP contribution in [0.15, 0.2) is 0 Å². The molecule has 0 fully saturated rings. The van der Waals surface area contributed by atoms with Gasteiger partial charge in [0, 0.05) is 7.11 Å². The smallest absolute Gasteiger partial charge is 0.449 e. The van der Waals surface area contributed by atoms with E-state index in [1.54, 1.807) is 0 Å². The second-order valence-electron chi connectivity index (χ2n) is 0.634. The third-order valence-corrected chi connectivity index (χ3v) is 0.175. The van der Waals surface area contributed by atoms with E-state index in [4.69, 9.17) is 15.3 Å². The van der Waals surface area contributed by atoms with E-state index in [0.717, 1.165) is 7.11 Å². The molecule has 9 heavy (non-hydrogen) atoms. The highest BCUT2D eigenvalue weighted by atomic mass is 16.7. The van der Waals surface area contributed by atoms with Gasteiger partial charge in [0.2, 0.25) is 0 Å². The van der Waals surface area contributed by atoms with Crippen LogP contribution in [-0.4, -0.2) is 34.7 Å². The Hall–Kier alpha value is -1.30. The van der Waals surface area contributed by atoms with Crippen LogP contribution in [0.5, 0.6) is 0 Å². The molecule has 0 aliphatic carbocycles. The summed E-state index contributed by atoms with van der Waals surface area (Å²) in [6, 6.07) is 0. The molecule has 0 bridgehead atoms. The van der Waals surface area contributed by atoms with Crippen molar-refractivity contribution in [2.75, 3.05) is 7.11 Å². The van der Waals surface area contributed by atoms with Crippen molar-refractivity contribution < 1.29 is 29.6 Å². The van der Waals surface area contributed by atoms with Gasteiger partial charge in [-0.25, -0.2) is 9.59 Å². The summed E-state index contributed by atoms with van der Waals surface area (Å²) < 4.78 is 3.08. The van der Waals surface area contributed by atoms with Gasteiger partial charge in [-0.15, -0.1) is 0 Å². The van der Waals surface area contributed by atoms with E-state index in [2.05, 4.69) is 4.74 Å². The van der Waals surface area contributed by atoms with Gasteiger partial charge in [0.25, 0.3) is 0 Å². The summed E-state index contributed by atoms with van der Waals surface area (Å²) in [5, 5.41) is 22.0. The fourth-order valence-corrected chi connectivity index (χ4v) is 0.0747. The molecule has 6 nitrogen and oxygen atoms in total. The Morgan fingerprint density at radius 3 is 1.33 bits per heavy atom. The number of rotatable bonds is 0. The van der Waals surface area contributed by atoms with Crippen LogP contribution in [0.1, 0.15) is 0 Å². The molecule has 0 saturated heterocycles. The lowest BCUT2D eigenvalue weighted by Crippen LogP contribution is -2.05. The lowest BCUT2D eigenvalue weighted by molar-refractivity contribution is 0.0802. The van der Waals surface area contributed by atoms with Gasteiger partial charge >= 0.3 is 12.3 Å². The molecule has 0 aromatic heterocycles. The molecule has 0 rings (SSSR count). The summed E-state index contributed by atoms with van der Waals surface area (Å²) >= 11 is 0. The van der Waals surface area contributed by atoms with Crippen LogP contribution < -0.4 is 0 Å². The summed E-state index contributed by atoms with van der Waals surface area (Å²) in [5.74, 6) is 0. The SMILES string of the molecule is CO.O=C(O)OC(=O)O. The van der Waals surface area contributed by atoms with E-state index in [-0.39, 0.29) is 0 Å². The highest BCUT2D eigenvalue weighted by Crippen LogP contribution is 1.73. The first-order valence-electron chi connectivity index (χ1n) is 1.71. The van der Waals surface area contributed by atoms with E-state index in [1.807, 2.05) is 0 Å². The number of carboxylic acid groups (broad SMARTS) is 2. The van der Waals surface area contributed by atoms with Crippen molar-refractivity contribution in [2.24, 2.45) is 0 Å². The molecule has 0 heterocycles. The van der Waals surface area contributed by atoms with Gasteiger partial charge in [0.15, 0.2) is 0 Å². The predicted octanol–water partition coefficient (Wildman–Crippen LogP) is -0.0325. The average Bonchev–Trinajstić information content (AvgIpc) is 1.68. The maximum absolute atomic E-state index is 9.21. The molecule has 0 amide bonds. The Labute approximate surface area is 50.3 Å². The fourth-order valence-electron chi connectivity index (χ4n) is 0.0747. The van der Waals surface area contributed by atoms with E-state index in [9.17, 15) is 9.59 Å². The summed E-state index contributed by atoms with van der Waals surface area (Å²) in [6.45, 7) is 0. The normalized spacial score (nSPS) is 6.44. The number of hydrogen-bond donors (Lipinski definition) is 3. The maximum atomic E-state index is 9.21. The molecule has 0 aromatic rings. The zero-order valence-corrected chi connectivity index (χ0v) is 4.57. The van der Waals surface area contributed by atoms with Crippen molar-refractivity contribution in [3.05, 3.63) is 0 Å². The summed E-state index contributed by atoms with van der Waals surface area (Å²) in [6.07, 6.45) is -3.62. The molecule has 0 spiro atoms. The minimum atomic E-state index is -1.81. The van der Waals surface area contributed by atoms with Crippen molar-refractivity contribution in [1.82, 2.24) is 0 Å². The first-order chi connectivity index (χ1) is 4.13. The Morgan fingerprint density at radius 2 is 1.33 bits per heavy atom. The number of hydrogen-bond acceptors (Lipinski definition) is 4. The standard InChI is InChI=1S/C2H2O5.CH4O/c3-1(4)7-2(5)6;1-2/h(H,3,4)(H,5,6);2H,1H3. The van der Waals surface area contributed by atoms with Crippen LogP contribution in [0.4, 0.5) is 9.59 Å². The topological polar surface area (TPSA) is 104 Å². The van der Waals surface area contributed by atoms with Crippen LogP contribution in [-0.2, 0) is 4.74 Å². The van der Waals surface area contributed by atoms with Gasteiger partial charge in [-0.3, -0.25) is 0 Å². The first-order valence-corrected chi connectivity index (χ1v) is 1.71. The summed E-state index contributed by atoms with van der Waals surface area (Å²) in [7, 11) is 1.00. The molecule has 0 saturated carbocycles. The first kappa shape index (κ1) is 10.6. The molecule has 6 heteroatoms. The van der Waals surface area contributed by atoms with E-state index in [1.165, 1.54) is 0 Å². The van der Waals surface area contributed by atoms with Gasteiger partial charge in [0.05, 0.1) is 0 Å². The number of aliphatic hydroxyl groups is 1.